The van der Waals surface area contributed by atoms with Crippen molar-refractivity contribution >= 4 is 28.6 Å². The van der Waals surface area contributed by atoms with E-state index >= 15 is 0 Å². The summed E-state index contributed by atoms with van der Waals surface area (Å²) in [5.74, 6) is -0.702. The summed E-state index contributed by atoms with van der Waals surface area (Å²) in [6.45, 7) is -0.0889. The van der Waals surface area contributed by atoms with Gasteiger partial charge in [0.2, 0.25) is 0 Å². The number of carbonyl (C=O) groups excluding carboxylic acids is 3. The van der Waals surface area contributed by atoms with Gasteiger partial charge in [0.15, 0.2) is 6.61 Å². The Labute approximate surface area is 151 Å². The van der Waals surface area contributed by atoms with Gasteiger partial charge >= 0.3 is 11.9 Å². The largest absolute Gasteiger partial charge is 0.496 e. The zero-order chi connectivity index (χ0) is 18.9. The molecule has 0 saturated heterocycles. The molecule has 0 aliphatic heterocycles. The third kappa shape index (κ3) is 4.95. The summed E-state index contributed by atoms with van der Waals surface area (Å²) >= 11 is 0. The molecule has 0 atom stereocenters. The van der Waals surface area contributed by atoms with Gasteiger partial charge in [-0.25, -0.2) is 4.79 Å². The SMILES string of the molecule is COC(=O)CCCNC(=O)COC(=O)c1ccc(OC)c2ccccc12. The van der Waals surface area contributed by atoms with E-state index < -0.39 is 18.5 Å². The molecule has 0 aliphatic carbocycles. The van der Waals surface area contributed by atoms with Crippen LogP contribution >= 0.6 is 0 Å². The quantitative estimate of drug-likeness (QED) is 0.573. The van der Waals surface area contributed by atoms with Gasteiger partial charge in [-0.3, -0.25) is 9.59 Å². The summed E-state index contributed by atoms with van der Waals surface area (Å²) in [6.07, 6.45) is 0.671. The maximum atomic E-state index is 12.3. The van der Waals surface area contributed by atoms with Crippen LogP contribution in [0.15, 0.2) is 36.4 Å². The first-order chi connectivity index (χ1) is 12.6. The molecule has 1 amide bonds. The van der Waals surface area contributed by atoms with E-state index in [2.05, 4.69) is 10.1 Å². The molecule has 0 aromatic heterocycles. The van der Waals surface area contributed by atoms with E-state index in [9.17, 15) is 14.4 Å². The lowest BCUT2D eigenvalue weighted by Crippen LogP contribution is -2.30. The molecule has 26 heavy (non-hydrogen) atoms. The molecule has 0 radical (unpaired) electrons. The molecule has 0 heterocycles. The van der Waals surface area contributed by atoms with Crippen molar-refractivity contribution < 1.29 is 28.6 Å². The topological polar surface area (TPSA) is 90.9 Å². The normalized spacial score (nSPS) is 10.2. The van der Waals surface area contributed by atoms with Gasteiger partial charge in [-0.2, -0.15) is 0 Å². The molecular formula is C19H21NO6. The summed E-state index contributed by atoms with van der Waals surface area (Å²) in [7, 11) is 2.87. The number of rotatable bonds is 8. The van der Waals surface area contributed by atoms with E-state index in [1.165, 1.54) is 7.11 Å². The fourth-order valence-corrected chi connectivity index (χ4v) is 2.45. The minimum atomic E-state index is -0.589. The first kappa shape index (κ1) is 19.2. The molecule has 2 rings (SSSR count). The number of carbonyl (C=O) groups is 3. The van der Waals surface area contributed by atoms with E-state index in [4.69, 9.17) is 9.47 Å². The fourth-order valence-electron chi connectivity index (χ4n) is 2.45. The van der Waals surface area contributed by atoms with Gasteiger partial charge in [0.25, 0.3) is 5.91 Å². The Morgan fingerprint density at radius 2 is 1.73 bits per heavy atom. The second-order valence-corrected chi connectivity index (χ2v) is 5.47. The standard InChI is InChI=1S/C19H21NO6/c1-24-16-10-9-15(13-6-3-4-7-14(13)16)19(23)26-12-17(21)20-11-5-8-18(22)25-2/h3-4,6-7,9-10H,5,8,11-12H2,1-2H3,(H,20,21). The number of ether oxygens (including phenoxy) is 3. The molecule has 2 aromatic rings. The number of nitrogens with one attached hydrogen (secondary N) is 1. The van der Waals surface area contributed by atoms with Crippen molar-refractivity contribution in [1.82, 2.24) is 5.32 Å². The molecule has 0 bridgehead atoms. The van der Waals surface area contributed by atoms with Crippen LogP contribution in [0.25, 0.3) is 10.8 Å². The summed E-state index contributed by atoms with van der Waals surface area (Å²) in [4.78, 5) is 35.0. The lowest BCUT2D eigenvalue weighted by molar-refractivity contribution is -0.140. The van der Waals surface area contributed by atoms with Crippen molar-refractivity contribution in [2.45, 2.75) is 12.8 Å². The molecule has 0 aliphatic rings. The smallest absolute Gasteiger partial charge is 0.339 e. The molecule has 0 fully saturated rings. The minimum Gasteiger partial charge on any atom is -0.496 e. The maximum Gasteiger partial charge on any atom is 0.339 e. The second kappa shape index (κ2) is 9.41. The highest BCUT2D eigenvalue weighted by Gasteiger charge is 2.15. The van der Waals surface area contributed by atoms with E-state index in [1.54, 1.807) is 25.3 Å². The van der Waals surface area contributed by atoms with Crippen molar-refractivity contribution in [3.63, 3.8) is 0 Å². The van der Waals surface area contributed by atoms with Crippen LogP contribution in [0.2, 0.25) is 0 Å². The Kier molecular flexibility index (Phi) is 6.96. The third-order valence-corrected chi connectivity index (χ3v) is 3.77. The van der Waals surface area contributed by atoms with Gasteiger partial charge in [-0.15, -0.1) is 0 Å². The van der Waals surface area contributed by atoms with Crippen LogP contribution in [0.4, 0.5) is 0 Å². The first-order valence-electron chi connectivity index (χ1n) is 8.13. The first-order valence-corrected chi connectivity index (χ1v) is 8.13. The summed E-state index contributed by atoms with van der Waals surface area (Å²) in [5, 5.41) is 4.06. The zero-order valence-corrected chi connectivity index (χ0v) is 14.7. The van der Waals surface area contributed by atoms with E-state index in [-0.39, 0.29) is 12.4 Å². The number of hydrogen-bond donors (Lipinski definition) is 1. The Balaban J connectivity index is 1.91. The number of esters is 2. The molecule has 0 unspecified atom stereocenters. The molecule has 2 aromatic carbocycles. The molecule has 0 spiro atoms. The van der Waals surface area contributed by atoms with Crippen molar-refractivity contribution in [2.24, 2.45) is 0 Å². The number of amides is 1. The number of methoxy groups -OCH3 is 2. The Morgan fingerprint density at radius 1 is 1.00 bits per heavy atom. The minimum absolute atomic E-state index is 0.217. The van der Waals surface area contributed by atoms with E-state index in [0.29, 0.717) is 29.7 Å². The summed E-state index contributed by atoms with van der Waals surface area (Å²) in [5.41, 5.74) is 0.361. The third-order valence-electron chi connectivity index (χ3n) is 3.77. The lowest BCUT2D eigenvalue weighted by Gasteiger charge is -2.10. The number of benzene rings is 2. The average Bonchev–Trinajstić information content (AvgIpc) is 2.68. The van der Waals surface area contributed by atoms with E-state index in [1.807, 2.05) is 18.2 Å². The van der Waals surface area contributed by atoms with Crippen molar-refractivity contribution in [2.75, 3.05) is 27.4 Å². The van der Waals surface area contributed by atoms with Gasteiger partial charge in [0, 0.05) is 18.4 Å². The molecule has 0 saturated carbocycles. The highest BCUT2D eigenvalue weighted by atomic mass is 16.5. The zero-order valence-electron chi connectivity index (χ0n) is 14.7. The lowest BCUT2D eigenvalue weighted by atomic mass is 10.0. The van der Waals surface area contributed by atoms with Gasteiger partial charge in [0.05, 0.1) is 19.8 Å². The maximum absolute atomic E-state index is 12.3. The Morgan fingerprint density at radius 3 is 2.42 bits per heavy atom. The second-order valence-electron chi connectivity index (χ2n) is 5.47. The molecule has 138 valence electrons. The van der Waals surface area contributed by atoms with Gasteiger partial charge in [0.1, 0.15) is 5.75 Å². The van der Waals surface area contributed by atoms with Crippen molar-refractivity contribution in [1.29, 1.82) is 0 Å². The van der Waals surface area contributed by atoms with Crippen molar-refractivity contribution in [3.8, 4) is 5.75 Å². The number of fused-ring (bicyclic) bond motifs is 1. The van der Waals surface area contributed by atoms with Crippen LogP contribution in [-0.2, 0) is 19.1 Å². The van der Waals surface area contributed by atoms with Crippen LogP contribution in [0, 0.1) is 0 Å². The Hall–Kier alpha value is -3.09. The summed E-state index contributed by atoms with van der Waals surface area (Å²) < 4.78 is 14.9. The molecule has 1 N–H and O–H groups in total. The summed E-state index contributed by atoms with van der Waals surface area (Å²) in [6, 6.07) is 10.6. The van der Waals surface area contributed by atoms with Crippen LogP contribution in [0.3, 0.4) is 0 Å². The van der Waals surface area contributed by atoms with Crippen LogP contribution in [0.1, 0.15) is 23.2 Å². The Bertz CT molecular complexity index is 802. The highest BCUT2D eigenvalue weighted by molar-refractivity contribution is 6.06. The fraction of sp³-hybridized carbons (Fsp3) is 0.316. The molecule has 7 nitrogen and oxygen atoms in total. The van der Waals surface area contributed by atoms with Gasteiger partial charge in [-0.1, -0.05) is 24.3 Å². The predicted molar refractivity (Wildman–Crippen MR) is 95.0 cm³/mol. The van der Waals surface area contributed by atoms with Crippen LogP contribution < -0.4 is 10.1 Å². The molecule has 7 heteroatoms. The van der Waals surface area contributed by atoms with Crippen molar-refractivity contribution in [3.05, 3.63) is 42.0 Å². The number of hydrogen-bond acceptors (Lipinski definition) is 6. The average molecular weight is 359 g/mol. The van der Waals surface area contributed by atoms with Gasteiger partial charge < -0.3 is 19.5 Å². The van der Waals surface area contributed by atoms with Crippen LogP contribution in [-0.4, -0.2) is 45.2 Å². The molecular weight excluding hydrogens is 338 g/mol. The predicted octanol–water partition coefficient (Wildman–Crippen LogP) is 2.07. The highest BCUT2D eigenvalue weighted by Crippen LogP contribution is 2.28. The van der Waals surface area contributed by atoms with E-state index in [0.717, 1.165) is 5.39 Å². The monoisotopic (exact) mass is 359 g/mol. The van der Waals surface area contributed by atoms with Crippen LogP contribution in [0.5, 0.6) is 5.75 Å². The van der Waals surface area contributed by atoms with Gasteiger partial charge in [-0.05, 0) is 23.9 Å².